The van der Waals surface area contributed by atoms with Crippen molar-refractivity contribution in [3.63, 3.8) is 0 Å². The monoisotopic (exact) mass is 282 g/mol. The molecule has 0 radical (unpaired) electrons. The van der Waals surface area contributed by atoms with Crippen molar-refractivity contribution in [1.29, 1.82) is 0 Å². The summed E-state index contributed by atoms with van der Waals surface area (Å²) < 4.78 is 9.35. The minimum absolute atomic E-state index is 0.843. The average molecular weight is 282 g/mol. The predicted octanol–water partition coefficient (Wildman–Crippen LogP) is 2.38. The average Bonchev–Trinajstić information content (AvgIpc) is 3.20. The Bertz CT molecular complexity index is 725. The molecule has 108 valence electrons. The van der Waals surface area contributed by atoms with Gasteiger partial charge in [-0.05, 0) is 18.2 Å². The molecule has 4 rings (SSSR count). The third-order valence-electron chi connectivity index (χ3n) is 4.10. The molecular formula is C16H18N4O. The molecule has 0 aliphatic carbocycles. The second kappa shape index (κ2) is 4.93. The van der Waals surface area contributed by atoms with Crippen LogP contribution < -0.4 is 0 Å². The van der Waals surface area contributed by atoms with Gasteiger partial charge >= 0.3 is 0 Å². The smallest absolute Gasteiger partial charge is 0.0947 e. The predicted molar refractivity (Wildman–Crippen MR) is 78.4 cm³/mol. The molecule has 21 heavy (non-hydrogen) atoms. The fourth-order valence-corrected chi connectivity index (χ4v) is 3.06. The fourth-order valence-electron chi connectivity index (χ4n) is 3.06. The van der Waals surface area contributed by atoms with E-state index >= 15 is 0 Å². The molecule has 5 nitrogen and oxygen atoms in total. The quantitative estimate of drug-likeness (QED) is 0.737. The van der Waals surface area contributed by atoms with E-state index in [-0.39, 0.29) is 0 Å². The van der Waals surface area contributed by atoms with Crippen LogP contribution in [0.3, 0.4) is 0 Å². The van der Waals surface area contributed by atoms with Crippen LogP contribution in [0.2, 0.25) is 0 Å². The highest BCUT2D eigenvalue weighted by Gasteiger charge is 2.26. The first-order valence-corrected chi connectivity index (χ1v) is 7.17. The Kier molecular flexibility index (Phi) is 2.93. The van der Waals surface area contributed by atoms with Crippen LogP contribution in [-0.2, 0) is 33.2 Å². The summed E-state index contributed by atoms with van der Waals surface area (Å²) in [6.45, 7) is 3.69. The highest BCUT2D eigenvalue weighted by Crippen LogP contribution is 2.27. The standard InChI is InChI=1S/C16H18N4O/c1-18-16-11-20(8-13-4-7-21-12-13)9-14(16)15(17-18)10-19-5-2-3-6-19/h2-7,12H,8-11H2,1H3. The normalized spacial score (nSPS) is 14.7. The molecule has 0 N–H and O–H groups in total. The summed E-state index contributed by atoms with van der Waals surface area (Å²) in [6.07, 6.45) is 7.72. The molecule has 0 amide bonds. The van der Waals surface area contributed by atoms with Crippen molar-refractivity contribution in [3.05, 3.63) is 65.6 Å². The van der Waals surface area contributed by atoms with Gasteiger partial charge in [0.2, 0.25) is 0 Å². The van der Waals surface area contributed by atoms with Gasteiger partial charge in [0.1, 0.15) is 0 Å². The summed E-state index contributed by atoms with van der Waals surface area (Å²) in [5, 5.41) is 4.69. The number of aromatic nitrogens is 3. The summed E-state index contributed by atoms with van der Waals surface area (Å²) in [4.78, 5) is 2.43. The molecule has 0 fully saturated rings. The molecule has 0 saturated heterocycles. The Balaban J connectivity index is 1.55. The van der Waals surface area contributed by atoms with Crippen molar-refractivity contribution in [3.8, 4) is 0 Å². The molecule has 0 spiro atoms. The largest absolute Gasteiger partial charge is 0.472 e. The summed E-state index contributed by atoms with van der Waals surface area (Å²) in [7, 11) is 2.04. The van der Waals surface area contributed by atoms with Crippen LogP contribution >= 0.6 is 0 Å². The SMILES string of the molecule is Cn1nc(Cn2cccc2)c2c1CN(Cc1ccoc1)C2. The van der Waals surface area contributed by atoms with E-state index in [1.165, 1.54) is 22.5 Å². The Hall–Kier alpha value is -2.27. The lowest BCUT2D eigenvalue weighted by Gasteiger charge is -2.14. The van der Waals surface area contributed by atoms with Gasteiger partial charge in [0.05, 0.1) is 30.5 Å². The first-order valence-electron chi connectivity index (χ1n) is 7.17. The van der Waals surface area contributed by atoms with Crippen molar-refractivity contribution in [1.82, 2.24) is 19.2 Å². The highest BCUT2D eigenvalue weighted by molar-refractivity contribution is 5.30. The van der Waals surface area contributed by atoms with Gasteiger partial charge in [-0.25, -0.2) is 0 Å². The van der Waals surface area contributed by atoms with Crippen molar-refractivity contribution in [2.24, 2.45) is 7.05 Å². The van der Waals surface area contributed by atoms with Crippen LogP contribution in [0.1, 0.15) is 22.5 Å². The second-order valence-electron chi connectivity index (χ2n) is 5.63. The van der Waals surface area contributed by atoms with Crippen LogP contribution in [0.25, 0.3) is 0 Å². The van der Waals surface area contributed by atoms with E-state index in [1.54, 1.807) is 6.26 Å². The number of hydrogen-bond donors (Lipinski definition) is 0. The number of hydrogen-bond acceptors (Lipinski definition) is 3. The minimum atomic E-state index is 0.843. The summed E-state index contributed by atoms with van der Waals surface area (Å²) in [6, 6.07) is 6.13. The van der Waals surface area contributed by atoms with Gasteiger partial charge in [-0.15, -0.1) is 0 Å². The number of nitrogens with zero attached hydrogens (tertiary/aromatic N) is 4. The molecule has 1 aliphatic heterocycles. The Morgan fingerprint density at radius 2 is 2.05 bits per heavy atom. The lowest BCUT2D eigenvalue weighted by Crippen LogP contribution is -2.17. The van der Waals surface area contributed by atoms with E-state index in [4.69, 9.17) is 4.42 Å². The first kappa shape index (κ1) is 12.5. The van der Waals surface area contributed by atoms with E-state index in [9.17, 15) is 0 Å². The van der Waals surface area contributed by atoms with E-state index in [0.717, 1.165) is 26.2 Å². The van der Waals surface area contributed by atoms with Gasteiger partial charge in [0.15, 0.2) is 0 Å². The molecule has 0 unspecified atom stereocenters. The molecule has 5 heteroatoms. The van der Waals surface area contributed by atoms with Crippen molar-refractivity contribution in [2.75, 3.05) is 0 Å². The van der Waals surface area contributed by atoms with Gasteiger partial charge in [-0.3, -0.25) is 9.58 Å². The lowest BCUT2D eigenvalue weighted by atomic mass is 10.2. The van der Waals surface area contributed by atoms with E-state index in [2.05, 4.69) is 27.0 Å². The Morgan fingerprint density at radius 3 is 2.81 bits per heavy atom. The Labute approximate surface area is 123 Å². The van der Waals surface area contributed by atoms with Crippen LogP contribution in [0.5, 0.6) is 0 Å². The maximum atomic E-state index is 5.15. The van der Waals surface area contributed by atoms with Gasteiger partial charge in [0, 0.05) is 50.2 Å². The molecule has 4 heterocycles. The molecular weight excluding hydrogens is 264 g/mol. The fraction of sp³-hybridized carbons (Fsp3) is 0.312. The van der Waals surface area contributed by atoms with Crippen LogP contribution in [0.4, 0.5) is 0 Å². The van der Waals surface area contributed by atoms with Crippen LogP contribution in [-0.4, -0.2) is 19.2 Å². The first-order chi connectivity index (χ1) is 10.3. The second-order valence-corrected chi connectivity index (χ2v) is 5.63. The minimum Gasteiger partial charge on any atom is -0.472 e. The third-order valence-corrected chi connectivity index (χ3v) is 4.10. The third kappa shape index (κ3) is 2.29. The summed E-state index contributed by atoms with van der Waals surface area (Å²) in [5.41, 5.74) is 5.12. The molecule has 0 aromatic carbocycles. The zero-order valence-corrected chi connectivity index (χ0v) is 12.1. The molecule has 0 saturated carbocycles. The topological polar surface area (TPSA) is 39.1 Å². The highest BCUT2D eigenvalue weighted by atomic mass is 16.3. The molecule has 0 bridgehead atoms. The van der Waals surface area contributed by atoms with Crippen molar-refractivity contribution in [2.45, 2.75) is 26.2 Å². The molecule has 3 aromatic rings. The van der Waals surface area contributed by atoms with Crippen molar-refractivity contribution >= 4 is 0 Å². The molecule has 3 aromatic heterocycles. The number of fused-ring (bicyclic) bond motifs is 1. The lowest BCUT2D eigenvalue weighted by molar-refractivity contribution is 0.267. The molecule has 1 aliphatic rings. The number of aryl methyl sites for hydroxylation is 1. The zero-order valence-electron chi connectivity index (χ0n) is 12.1. The van der Waals surface area contributed by atoms with Gasteiger partial charge in [0.25, 0.3) is 0 Å². The molecule has 0 atom stereocenters. The van der Waals surface area contributed by atoms with Crippen LogP contribution in [0, 0.1) is 0 Å². The Morgan fingerprint density at radius 1 is 1.19 bits per heavy atom. The maximum absolute atomic E-state index is 5.15. The summed E-state index contributed by atoms with van der Waals surface area (Å²) >= 11 is 0. The summed E-state index contributed by atoms with van der Waals surface area (Å²) in [5.74, 6) is 0. The van der Waals surface area contributed by atoms with E-state index in [1.807, 2.05) is 36.2 Å². The number of rotatable bonds is 4. The van der Waals surface area contributed by atoms with E-state index < -0.39 is 0 Å². The van der Waals surface area contributed by atoms with Crippen molar-refractivity contribution < 1.29 is 4.42 Å². The van der Waals surface area contributed by atoms with E-state index in [0.29, 0.717) is 0 Å². The van der Waals surface area contributed by atoms with Gasteiger partial charge in [-0.2, -0.15) is 5.10 Å². The number of furan rings is 1. The van der Waals surface area contributed by atoms with Crippen LogP contribution in [0.15, 0.2) is 47.5 Å². The maximum Gasteiger partial charge on any atom is 0.0947 e. The van der Waals surface area contributed by atoms with Gasteiger partial charge in [-0.1, -0.05) is 0 Å². The zero-order chi connectivity index (χ0) is 14.2. The van der Waals surface area contributed by atoms with Gasteiger partial charge < -0.3 is 8.98 Å².